The van der Waals surface area contributed by atoms with Gasteiger partial charge >= 0.3 is 6.09 Å². The van der Waals surface area contributed by atoms with Gasteiger partial charge in [0, 0.05) is 19.6 Å². The zero-order chi connectivity index (χ0) is 18.7. The third kappa shape index (κ3) is 5.92. The molecule has 0 spiro atoms. The van der Waals surface area contributed by atoms with E-state index in [9.17, 15) is 13.2 Å². The highest BCUT2D eigenvalue weighted by Crippen LogP contribution is 2.25. The minimum atomic E-state index is -3.34. The smallest absolute Gasteiger partial charge is 0.410 e. The molecule has 1 fully saturated rings. The Morgan fingerprint density at radius 3 is 2.24 bits per heavy atom. The quantitative estimate of drug-likeness (QED) is 0.819. The molecule has 1 aliphatic rings. The van der Waals surface area contributed by atoms with Crippen LogP contribution in [-0.2, 0) is 14.8 Å². The molecule has 25 heavy (non-hydrogen) atoms. The molecule has 1 saturated heterocycles. The monoisotopic (exact) mass is 368 g/mol. The fraction of sp³-hybridized carbons (Fsp3) is 0.611. The van der Waals surface area contributed by atoms with Crippen molar-refractivity contribution in [2.45, 2.75) is 39.2 Å². The highest BCUT2D eigenvalue weighted by Gasteiger charge is 2.29. The molecule has 0 unspecified atom stereocenters. The van der Waals surface area contributed by atoms with Crippen LogP contribution >= 0.6 is 0 Å². The van der Waals surface area contributed by atoms with Crippen molar-refractivity contribution in [1.29, 1.82) is 0 Å². The topological polar surface area (TPSA) is 66.9 Å². The molecule has 1 aromatic rings. The zero-order valence-electron chi connectivity index (χ0n) is 15.4. The number of hydrogen-bond donors (Lipinski definition) is 0. The predicted octanol–water partition coefficient (Wildman–Crippen LogP) is 3.10. The summed E-state index contributed by atoms with van der Waals surface area (Å²) in [5.74, 6) is 0.216. The lowest BCUT2D eigenvalue weighted by atomic mass is 9.97. The third-order valence-corrected chi connectivity index (χ3v) is 5.30. The number of carbonyl (C=O) groups excluding carboxylic acids is 1. The van der Waals surface area contributed by atoms with Crippen molar-refractivity contribution in [3.63, 3.8) is 0 Å². The minimum Gasteiger partial charge on any atom is -0.444 e. The molecular formula is C18H28N2O4S. The van der Waals surface area contributed by atoms with Crippen LogP contribution in [0.5, 0.6) is 0 Å². The second-order valence-corrected chi connectivity index (χ2v) is 9.45. The Bertz CT molecular complexity index is 675. The fourth-order valence-corrected chi connectivity index (χ4v) is 3.87. The van der Waals surface area contributed by atoms with Gasteiger partial charge in [-0.05, 0) is 51.7 Å². The van der Waals surface area contributed by atoms with Gasteiger partial charge in [0.05, 0.1) is 11.9 Å². The molecule has 1 aromatic carbocycles. The van der Waals surface area contributed by atoms with Crippen LogP contribution in [0, 0.1) is 5.92 Å². The first-order valence-electron chi connectivity index (χ1n) is 8.57. The zero-order valence-corrected chi connectivity index (χ0v) is 16.3. The summed E-state index contributed by atoms with van der Waals surface area (Å²) >= 11 is 0. The molecule has 7 heteroatoms. The number of ether oxygens (including phenoxy) is 1. The van der Waals surface area contributed by atoms with Gasteiger partial charge < -0.3 is 9.64 Å². The van der Waals surface area contributed by atoms with Gasteiger partial charge in [-0.3, -0.25) is 4.31 Å². The molecule has 0 bridgehead atoms. The maximum atomic E-state index is 12.2. The highest BCUT2D eigenvalue weighted by molar-refractivity contribution is 7.92. The van der Waals surface area contributed by atoms with E-state index in [0.29, 0.717) is 25.3 Å². The van der Waals surface area contributed by atoms with Crippen molar-refractivity contribution in [3.05, 3.63) is 30.3 Å². The largest absolute Gasteiger partial charge is 0.444 e. The van der Waals surface area contributed by atoms with Crippen molar-refractivity contribution in [2.24, 2.45) is 5.92 Å². The summed E-state index contributed by atoms with van der Waals surface area (Å²) in [6.07, 6.45) is 2.46. The van der Waals surface area contributed by atoms with Crippen molar-refractivity contribution in [2.75, 3.05) is 30.2 Å². The second kappa shape index (κ2) is 7.64. The summed E-state index contributed by atoms with van der Waals surface area (Å²) < 4.78 is 31.2. The molecule has 2 rings (SSSR count). The summed E-state index contributed by atoms with van der Waals surface area (Å²) in [6.45, 7) is 7.16. The van der Waals surface area contributed by atoms with Gasteiger partial charge in [-0.25, -0.2) is 13.2 Å². The summed E-state index contributed by atoms with van der Waals surface area (Å²) in [6, 6.07) is 9.13. The number of piperidine rings is 1. The van der Waals surface area contributed by atoms with Crippen LogP contribution in [0.15, 0.2) is 30.3 Å². The molecule has 0 saturated carbocycles. The van der Waals surface area contributed by atoms with Crippen LogP contribution in [0.2, 0.25) is 0 Å². The van der Waals surface area contributed by atoms with E-state index >= 15 is 0 Å². The number of benzene rings is 1. The number of rotatable bonds is 4. The summed E-state index contributed by atoms with van der Waals surface area (Å²) in [5.41, 5.74) is 0.175. The molecule has 6 nitrogen and oxygen atoms in total. The summed E-state index contributed by atoms with van der Waals surface area (Å²) in [7, 11) is -3.34. The van der Waals surface area contributed by atoms with Crippen molar-refractivity contribution >= 4 is 21.8 Å². The van der Waals surface area contributed by atoms with E-state index in [1.807, 2.05) is 39.0 Å². The lowest BCUT2D eigenvalue weighted by Crippen LogP contribution is -2.44. The Hall–Kier alpha value is -1.76. The number of para-hydroxylation sites is 1. The van der Waals surface area contributed by atoms with Gasteiger partial charge in [0.15, 0.2) is 0 Å². The van der Waals surface area contributed by atoms with E-state index in [1.165, 1.54) is 10.6 Å². The van der Waals surface area contributed by atoms with Crippen molar-refractivity contribution in [1.82, 2.24) is 4.90 Å². The third-order valence-electron chi connectivity index (χ3n) is 4.13. The number of carbonyl (C=O) groups is 1. The van der Waals surface area contributed by atoms with E-state index in [2.05, 4.69) is 0 Å². The molecule has 1 aliphatic heterocycles. The van der Waals surface area contributed by atoms with Gasteiger partial charge in [0.2, 0.25) is 10.0 Å². The van der Waals surface area contributed by atoms with Crippen LogP contribution in [0.1, 0.15) is 33.6 Å². The lowest BCUT2D eigenvalue weighted by molar-refractivity contribution is 0.0187. The number of anilines is 1. The Morgan fingerprint density at radius 1 is 1.20 bits per heavy atom. The second-order valence-electron chi connectivity index (χ2n) is 7.54. The Balaban J connectivity index is 1.97. The number of sulfonamides is 1. The van der Waals surface area contributed by atoms with Crippen LogP contribution in [-0.4, -0.2) is 50.9 Å². The molecule has 0 atom stereocenters. The maximum absolute atomic E-state index is 12.2. The normalized spacial score (nSPS) is 16.6. The van der Waals surface area contributed by atoms with Gasteiger partial charge in [0.1, 0.15) is 5.60 Å². The van der Waals surface area contributed by atoms with Crippen molar-refractivity contribution in [3.8, 4) is 0 Å². The standard InChI is InChI=1S/C18H28N2O4S/c1-18(2,3)24-17(21)19-12-10-15(11-13-19)14-20(25(4,22)23)16-8-6-5-7-9-16/h5-9,15H,10-14H2,1-4H3. The van der Waals surface area contributed by atoms with E-state index < -0.39 is 15.6 Å². The first-order valence-corrected chi connectivity index (χ1v) is 10.4. The highest BCUT2D eigenvalue weighted by atomic mass is 32.2. The number of amides is 1. The van der Waals surface area contributed by atoms with Crippen LogP contribution < -0.4 is 4.31 Å². The summed E-state index contributed by atoms with van der Waals surface area (Å²) in [5, 5.41) is 0. The molecule has 1 amide bonds. The Labute approximate surface area is 150 Å². The SMILES string of the molecule is CC(C)(C)OC(=O)N1CCC(CN(c2ccccc2)S(C)(=O)=O)CC1. The number of nitrogens with zero attached hydrogens (tertiary/aromatic N) is 2. The van der Waals surface area contributed by atoms with Gasteiger partial charge in [-0.2, -0.15) is 0 Å². The molecule has 0 radical (unpaired) electrons. The fourth-order valence-electron chi connectivity index (χ4n) is 2.89. The molecule has 0 aromatic heterocycles. The van der Waals surface area contributed by atoms with Gasteiger partial charge in [0.25, 0.3) is 0 Å². The number of hydrogen-bond acceptors (Lipinski definition) is 4. The Kier molecular flexibility index (Phi) is 5.98. The van der Waals surface area contributed by atoms with Crippen LogP contribution in [0.4, 0.5) is 10.5 Å². The van der Waals surface area contributed by atoms with Crippen LogP contribution in [0.25, 0.3) is 0 Å². The number of likely N-dealkylation sites (tertiary alicyclic amines) is 1. The predicted molar refractivity (Wildman–Crippen MR) is 99.2 cm³/mol. The van der Waals surface area contributed by atoms with Gasteiger partial charge in [-0.15, -0.1) is 0 Å². The lowest BCUT2D eigenvalue weighted by Gasteiger charge is -2.35. The first-order chi connectivity index (χ1) is 11.6. The molecule has 0 N–H and O–H groups in total. The van der Waals surface area contributed by atoms with E-state index in [-0.39, 0.29) is 12.0 Å². The average Bonchev–Trinajstić information content (AvgIpc) is 2.51. The maximum Gasteiger partial charge on any atom is 0.410 e. The molecule has 1 heterocycles. The Morgan fingerprint density at radius 2 is 1.76 bits per heavy atom. The van der Waals surface area contributed by atoms with E-state index in [1.54, 1.807) is 17.0 Å². The molecular weight excluding hydrogens is 340 g/mol. The summed E-state index contributed by atoms with van der Waals surface area (Å²) in [4.78, 5) is 13.8. The average molecular weight is 368 g/mol. The molecule has 0 aliphatic carbocycles. The van der Waals surface area contributed by atoms with Crippen LogP contribution in [0.3, 0.4) is 0 Å². The van der Waals surface area contributed by atoms with E-state index in [4.69, 9.17) is 4.74 Å². The van der Waals surface area contributed by atoms with E-state index in [0.717, 1.165) is 12.8 Å². The minimum absolute atomic E-state index is 0.216. The molecule has 140 valence electrons. The first kappa shape index (κ1) is 19.6. The van der Waals surface area contributed by atoms with Gasteiger partial charge in [-0.1, -0.05) is 18.2 Å². The van der Waals surface area contributed by atoms with Crippen molar-refractivity contribution < 1.29 is 17.9 Å².